The average molecular weight is 470 g/mol. The summed E-state index contributed by atoms with van der Waals surface area (Å²) in [7, 11) is 3.02. The van der Waals surface area contributed by atoms with Gasteiger partial charge in [-0.1, -0.05) is 27.5 Å². The Balaban J connectivity index is 2.11. The molecule has 0 aliphatic heterocycles. The van der Waals surface area contributed by atoms with Crippen LogP contribution in [0.25, 0.3) is 0 Å². The first-order valence-electron chi connectivity index (χ1n) is 8.58. The minimum Gasteiger partial charge on any atom is -0.493 e. The topological polar surface area (TPSA) is 67.9 Å². The summed E-state index contributed by atoms with van der Waals surface area (Å²) in [6.45, 7) is 4.03. The minimum absolute atomic E-state index is 0.110. The fourth-order valence-corrected chi connectivity index (χ4v) is 3.33. The van der Waals surface area contributed by atoms with Crippen molar-refractivity contribution in [3.8, 4) is 11.5 Å². The Morgan fingerprint density at radius 1 is 1.25 bits per heavy atom. The lowest BCUT2D eigenvalue weighted by molar-refractivity contribution is -0.116. The van der Waals surface area contributed by atoms with E-state index in [0.29, 0.717) is 29.4 Å². The Morgan fingerprint density at radius 2 is 1.96 bits per heavy atom. The highest BCUT2D eigenvalue weighted by Gasteiger charge is 2.20. The summed E-state index contributed by atoms with van der Waals surface area (Å²) in [6, 6.07) is 8.59. The molecular formula is C20H22BrClN2O4. The van der Waals surface area contributed by atoms with Crippen molar-refractivity contribution in [2.45, 2.75) is 13.8 Å². The number of carbonyl (C=O) groups excluding carboxylic acids is 2. The summed E-state index contributed by atoms with van der Waals surface area (Å²) in [5.41, 5.74) is 1.92. The summed E-state index contributed by atoms with van der Waals surface area (Å²) in [5, 5.41) is 3.08. The molecule has 0 spiro atoms. The molecule has 0 fully saturated rings. The number of methoxy groups -OCH3 is 1. The van der Waals surface area contributed by atoms with Crippen LogP contribution in [-0.4, -0.2) is 44.0 Å². The van der Waals surface area contributed by atoms with Crippen LogP contribution in [0, 0.1) is 6.92 Å². The molecule has 0 bridgehead atoms. The zero-order valence-corrected chi connectivity index (χ0v) is 18.5. The molecule has 2 aromatic carbocycles. The normalized spacial score (nSPS) is 10.4. The molecule has 2 rings (SSSR count). The van der Waals surface area contributed by atoms with Gasteiger partial charge < -0.3 is 19.7 Å². The van der Waals surface area contributed by atoms with Crippen molar-refractivity contribution in [1.82, 2.24) is 4.90 Å². The lowest BCUT2D eigenvalue weighted by atomic mass is 10.1. The van der Waals surface area contributed by atoms with Gasteiger partial charge in [0.1, 0.15) is 0 Å². The van der Waals surface area contributed by atoms with E-state index in [1.807, 2.05) is 26.0 Å². The van der Waals surface area contributed by atoms with E-state index in [9.17, 15) is 9.59 Å². The molecule has 1 N–H and O–H groups in total. The standard InChI is InChI=1S/C20H22BrClN2O4/c1-5-28-19-15(22)9-13(10-17(19)27-4)20(26)24(3)11-18(25)23-16-7-6-14(21)8-12(16)2/h6-10H,5,11H2,1-4H3,(H,23,25). The Hall–Kier alpha value is -2.25. The van der Waals surface area contributed by atoms with Gasteiger partial charge in [-0.25, -0.2) is 0 Å². The van der Waals surface area contributed by atoms with Crippen LogP contribution < -0.4 is 14.8 Å². The van der Waals surface area contributed by atoms with Gasteiger partial charge in [-0.05, 0) is 49.7 Å². The van der Waals surface area contributed by atoms with Crippen molar-refractivity contribution in [2.75, 3.05) is 32.6 Å². The second-order valence-corrected chi connectivity index (χ2v) is 7.41. The molecule has 0 atom stereocenters. The molecule has 0 aliphatic carbocycles. The Morgan fingerprint density at radius 3 is 2.57 bits per heavy atom. The number of benzene rings is 2. The summed E-state index contributed by atoms with van der Waals surface area (Å²) < 4.78 is 11.7. The number of rotatable bonds is 7. The van der Waals surface area contributed by atoms with E-state index in [2.05, 4.69) is 21.2 Å². The number of hydrogen-bond donors (Lipinski definition) is 1. The molecule has 0 radical (unpaired) electrons. The van der Waals surface area contributed by atoms with Gasteiger partial charge in [-0.15, -0.1) is 0 Å². The molecule has 150 valence electrons. The van der Waals surface area contributed by atoms with Gasteiger partial charge in [0.15, 0.2) is 11.5 Å². The van der Waals surface area contributed by atoms with Crippen molar-refractivity contribution in [2.24, 2.45) is 0 Å². The van der Waals surface area contributed by atoms with E-state index in [1.165, 1.54) is 18.1 Å². The van der Waals surface area contributed by atoms with Crippen molar-refractivity contribution in [1.29, 1.82) is 0 Å². The smallest absolute Gasteiger partial charge is 0.254 e. The van der Waals surface area contributed by atoms with Crippen LogP contribution in [0.2, 0.25) is 5.02 Å². The van der Waals surface area contributed by atoms with E-state index in [-0.39, 0.29) is 23.4 Å². The molecular weight excluding hydrogens is 448 g/mol. The molecule has 28 heavy (non-hydrogen) atoms. The van der Waals surface area contributed by atoms with Crippen LogP contribution in [0.15, 0.2) is 34.8 Å². The number of amides is 2. The van der Waals surface area contributed by atoms with Crippen LogP contribution in [0.3, 0.4) is 0 Å². The van der Waals surface area contributed by atoms with Gasteiger partial charge >= 0.3 is 0 Å². The number of carbonyl (C=O) groups is 2. The van der Waals surface area contributed by atoms with E-state index in [4.69, 9.17) is 21.1 Å². The SMILES string of the molecule is CCOc1c(Cl)cc(C(=O)N(C)CC(=O)Nc2ccc(Br)cc2C)cc1OC. The number of ether oxygens (including phenoxy) is 2. The summed E-state index contributed by atoms with van der Waals surface area (Å²) in [5.74, 6) is 0.0894. The van der Waals surface area contributed by atoms with E-state index in [1.54, 1.807) is 19.2 Å². The maximum atomic E-state index is 12.7. The number of anilines is 1. The molecule has 0 aliphatic rings. The molecule has 6 nitrogen and oxygen atoms in total. The first kappa shape index (κ1) is 22.0. The van der Waals surface area contributed by atoms with Gasteiger partial charge in [0.05, 0.1) is 25.3 Å². The minimum atomic E-state index is -0.356. The highest BCUT2D eigenvalue weighted by atomic mass is 79.9. The maximum absolute atomic E-state index is 12.7. The first-order valence-corrected chi connectivity index (χ1v) is 9.75. The van der Waals surface area contributed by atoms with E-state index < -0.39 is 0 Å². The highest BCUT2D eigenvalue weighted by molar-refractivity contribution is 9.10. The number of hydrogen-bond acceptors (Lipinski definition) is 4. The van der Waals surface area contributed by atoms with Crippen LogP contribution in [-0.2, 0) is 4.79 Å². The Bertz CT molecular complexity index is 889. The summed E-state index contributed by atoms with van der Waals surface area (Å²) in [4.78, 5) is 26.4. The highest BCUT2D eigenvalue weighted by Crippen LogP contribution is 2.36. The van der Waals surface area contributed by atoms with Crippen molar-refractivity contribution in [3.63, 3.8) is 0 Å². The summed E-state index contributed by atoms with van der Waals surface area (Å²) >= 11 is 9.61. The zero-order chi connectivity index (χ0) is 20.8. The lowest BCUT2D eigenvalue weighted by Crippen LogP contribution is -2.35. The number of halogens is 2. The second kappa shape index (κ2) is 9.80. The molecule has 8 heteroatoms. The number of aryl methyl sites for hydroxylation is 1. The molecule has 0 saturated carbocycles. The predicted molar refractivity (Wildman–Crippen MR) is 114 cm³/mol. The Kier molecular flexibility index (Phi) is 7.71. The largest absolute Gasteiger partial charge is 0.493 e. The molecule has 2 amide bonds. The second-order valence-electron chi connectivity index (χ2n) is 6.09. The Labute approximate surface area is 177 Å². The molecule has 0 unspecified atom stereocenters. The maximum Gasteiger partial charge on any atom is 0.254 e. The van der Waals surface area contributed by atoms with Gasteiger partial charge in [0.25, 0.3) is 5.91 Å². The van der Waals surface area contributed by atoms with Crippen LogP contribution in [0.5, 0.6) is 11.5 Å². The third-order valence-electron chi connectivity index (χ3n) is 3.96. The fraction of sp³-hybridized carbons (Fsp3) is 0.300. The van der Waals surface area contributed by atoms with Crippen LogP contribution in [0.4, 0.5) is 5.69 Å². The van der Waals surface area contributed by atoms with Crippen molar-refractivity contribution in [3.05, 3.63) is 51.0 Å². The van der Waals surface area contributed by atoms with Gasteiger partial charge in [-0.2, -0.15) is 0 Å². The number of likely N-dealkylation sites (N-methyl/N-ethyl adjacent to an activating group) is 1. The monoisotopic (exact) mass is 468 g/mol. The summed E-state index contributed by atoms with van der Waals surface area (Å²) in [6.07, 6.45) is 0. The predicted octanol–water partition coefficient (Wildman–Crippen LogP) is 4.53. The molecule has 0 saturated heterocycles. The first-order chi connectivity index (χ1) is 13.3. The van der Waals surface area contributed by atoms with Gasteiger partial charge in [-0.3, -0.25) is 9.59 Å². The zero-order valence-electron chi connectivity index (χ0n) is 16.1. The van der Waals surface area contributed by atoms with Gasteiger partial charge in [0.2, 0.25) is 5.91 Å². The van der Waals surface area contributed by atoms with E-state index in [0.717, 1.165) is 10.0 Å². The lowest BCUT2D eigenvalue weighted by Gasteiger charge is -2.19. The quantitative estimate of drug-likeness (QED) is 0.647. The van der Waals surface area contributed by atoms with Crippen molar-refractivity contribution >= 4 is 45.0 Å². The number of nitrogens with zero attached hydrogens (tertiary/aromatic N) is 1. The van der Waals surface area contributed by atoms with Crippen LogP contribution >= 0.6 is 27.5 Å². The van der Waals surface area contributed by atoms with Crippen molar-refractivity contribution < 1.29 is 19.1 Å². The number of nitrogens with one attached hydrogen (secondary N) is 1. The molecule has 2 aromatic rings. The molecule has 0 heterocycles. The van der Waals surface area contributed by atoms with Gasteiger partial charge in [0, 0.05) is 22.8 Å². The molecule has 0 aromatic heterocycles. The fourth-order valence-electron chi connectivity index (χ4n) is 2.59. The third kappa shape index (κ3) is 5.39. The third-order valence-corrected chi connectivity index (χ3v) is 4.73. The van der Waals surface area contributed by atoms with Crippen LogP contribution in [0.1, 0.15) is 22.8 Å². The average Bonchev–Trinajstić information content (AvgIpc) is 2.64. The van der Waals surface area contributed by atoms with E-state index >= 15 is 0 Å².